The molecule has 0 aliphatic carbocycles. The van der Waals surface area contributed by atoms with E-state index in [0.717, 1.165) is 0 Å². The van der Waals surface area contributed by atoms with E-state index in [1.165, 1.54) is 11.8 Å². The van der Waals surface area contributed by atoms with E-state index in [9.17, 15) is 9.36 Å². The van der Waals surface area contributed by atoms with Gasteiger partial charge in [0.1, 0.15) is 5.78 Å². The van der Waals surface area contributed by atoms with Gasteiger partial charge in [-0.3, -0.25) is 9.36 Å². The average Bonchev–Trinajstić information content (AvgIpc) is 2.48. The summed E-state index contributed by atoms with van der Waals surface area (Å²) in [5, 5.41) is 0. The lowest BCUT2D eigenvalue weighted by atomic mass is 10.3. The molecule has 6 nitrogen and oxygen atoms in total. The van der Waals surface area contributed by atoms with Crippen molar-refractivity contribution >= 4 is 25.9 Å². The minimum atomic E-state index is -4.21. The van der Waals surface area contributed by atoms with Gasteiger partial charge in [-0.25, -0.2) is 0 Å². The standard InChI is InChI=1S/C7H15N2O4P.ClH/c1-5(8)7(10)9-4-2-3-6(9)14(11,12)13;/h5-6H,2-4,8H2,1H3,(H2,11,12,13);1H. The second-order valence-corrected chi connectivity index (χ2v) is 5.31. The molecule has 90 valence electrons. The first-order valence-electron chi connectivity index (χ1n) is 4.45. The summed E-state index contributed by atoms with van der Waals surface area (Å²) in [6.45, 7) is 1.90. The zero-order chi connectivity index (χ0) is 10.9. The minimum Gasteiger partial charge on any atom is -0.327 e. The number of amides is 1. The van der Waals surface area contributed by atoms with Crippen molar-refractivity contribution in [1.29, 1.82) is 0 Å². The van der Waals surface area contributed by atoms with Crippen LogP contribution in [0.15, 0.2) is 0 Å². The van der Waals surface area contributed by atoms with Crippen molar-refractivity contribution in [2.75, 3.05) is 6.54 Å². The normalized spacial score (nSPS) is 23.5. The number of likely N-dealkylation sites (tertiary alicyclic amines) is 1. The molecule has 1 saturated heterocycles. The molecule has 0 aromatic rings. The third-order valence-corrected chi connectivity index (χ3v) is 3.60. The quantitative estimate of drug-likeness (QED) is 0.599. The van der Waals surface area contributed by atoms with Crippen LogP contribution in [0.1, 0.15) is 19.8 Å². The van der Waals surface area contributed by atoms with Crippen molar-refractivity contribution in [3.8, 4) is 0 Å². The van der Waals surface area contributed by atoms with Crippen LogP contribution in [0.25, 0.3) is 0 Å². The molecule has 15 heavy (non-hydrogen) atoms. The smallest absolute Gasteiger partial charge is 0.327 e. The molecule has 0 bridgehead atoms. The summed E-state index contributed by atoms with van der Waals surface area (Å²) in [5.41, 5.74) is 5.38. The van der Waals surface area contributed by atoms with Gasteiger partial charge < -0.3 is 20.4 Å². The molecule has 0 aromatic carbocycles. The van der Waals surface area contributed by atoms with Crippen LogP contribution in [0.4, 0.5) is 0 Å². The summed E-state index contributed by atoms with van der Waals surface area (Å²) in [6, 6.07) is -0.706. The van der Waals surface area contributed by atoms with Gasteiger partial charge in [0.25, 0.3) is 0 Å². The molecule has 4 N–H and O–H groups in total. The first-order chi connectivity index (χ1) is 6.34. The highest BCUT2D eigenvalue weighted by molar-refractivity contribution is 7.52. The highest BCUT2D eigenvalue weighted by Crippen LogP contribution is 2.47. The number of hydrogen-bond donors (Lipinski definition) is 3. The van der Waals surface area contributed by atoms with Crippen molar-refractivity contribution in [3.63, 3.8) is 0 Å². The molecule has 1 aliphatic heterocycles. The van der Waals surface area contributed by atoms with Crippen LogP contribution in [-0.2, 0) is 9.36 Å². The monoisotopic (exact) mass is 258 g/mol. The lowest BCUT2D eigenvalue weighted by molar-refractivity contribution is -0.132. The molecule has 0 radical (unpaired) electrons. The maximum Gasteiger partial charge on any atom is 0.347 e. The van der Waals surface area contributed by atoms with Gasteiger partial charge in [0.05, 0.1) is 6.04 Å². The third kappa shape index (κ3) is 3.43. The Labute approximate surface area is 94.4 Å². The van der Waals surface area contributed by atoms with Crippen molar-refractivity contribution in [1.82, 2.24) is 4.90 Å². The third-order valence-electron chi connectivity index (χ3n) is 2.28. The van der Waals surface area contributed by atoms with Crippen molar-refractivity contribution in [2.24, 2.45) is 5.73 Å². The maximum absolute atomic E-state index is 11.5. The minimum absolute atomic E-state index is 0. The lowest BCUT2D eigenvalue weighted by Crippen LogP contribution is -2.44. The average molecular weight is 259 g/mol. The van der Waals surface area contributed by atoms with Gasteiger partial charge in [-0.05, 0) is 19.8 Å². The van der Waals surface area contributed by atoms with E-state index >= 15 is 0 Å². The molecule has 1 heterocycles. The predicted molar refractivity (Wildman–Crippen MR) is 57.7 cm³/mol. The summed E-state index contributed by atoms with van der Waals surface area (Å²) in [6.07, 6.45) is 0.969. The first kappa shape index (κ1) is 14.9. The van der Waals surface area contributed by atoms with E-state index in [0.29, 0.717) is 19.4 Å². The van der Waals surface area contributed by atoms with E-state index in [4.69, 9.17) is 15.5 Å². The highest BCUT2D eigenvalue weighted by Gasteiger charge is 2.41. The van der Waals surface area contributed by atoms with Gasteiger partial charge >= 0.3 is 7.60 Å². The SMILES string of the molecule is CC(N)C(=O)N1CCCC1P(=O)(O)O.Cl. The van der Waals surface area contributed by atoms with E-state index < -0.39 is 25.3 Å². The van der Waals surface area contributed by atoms with Gasteiger partial charge in [0.15, 0.2) is 0 Å². The molecule has 1 fully saturated rings. The lowest BCUT2D eigenvalue weighted by Gasteiger charge is -2.26. The van der Waals surface area contributed by atoms with Crippen LogP contribution in [0.5, 0.6) is 0 Å². The number of carbonyl (C=O) groups excluding carboxylic acids is 1. The number of halogens is 1. The zero-order valence-electron chi connectivity index (χ0n) is 8.37. The molecule has 2 unspecified atom stereocenters. The molecule has 0 spiro atoms. The Morgan fingerprint density at radius 3 is 2.53 bits per heavy atom. The summed E-state index contributed by atoms with van der Waals surface area (Å²) in [5.74, 6) is -1.36. The van der Waals surface area contributed by atoms with Crippen LogP contribution in [0.3, 0.4) is 0 Å². The molecule has 2 atom stereocenters. The largest absolute Gasteiger partial charge is 0.347 e. The number of carbonyl (C=O) groups is 1. The van der Waals surface area contributed by atoms with Crippen LogP contribution in [-0.4, -0.2) is 39.0 Å². The fourth-order valence-electron chi connectivity index (χ4n) is 1.62. The van der Waals surface area contributed by atoms with Crippen LogP contribution in [0, 0.1) is 0 Å². The van der Waals surface area contributed by atoms with Crippen molar-refractivity contribution < 1.29 is 19.1 Å². The second kappa shape index (κ2) is 5.27. The number of hydrogen-bond acceptors (Lipinski definition) is 3. The molecule has 1 amide bonds. The maximum atomic E-state index is 11.5. The Morgan fingerprint density at radius 1 is 1.60 bits per heavy atom. The zero-order valence-corrected chi connectivity index (χ0v) is 10.1. The van der Waals surface area contributed by atoms with Crippen LogP contribution >= 0.6 is 20.0 Å². The molecule has 1 rings (SSSR count). The Kier molecular flexibility index (Phi) is 5.23. The number of rotatable bonds is 2. The van der Waals surface area contributed by atoms with Gasteiger partial charge in [-0.1, -0.05) is 0 Å². The Hall–Kier alpha value is -0.130. The second-order valence-electron chi connectivity index (χ2n) is 3.53. The predicted octanol–water partition coefficient (Wildman–Crippen LogP) is -0.118. The van der Waals surface area contributed by atoms with Crippen molar-refractivity contribution in [3.05, 3.63) is 0 Å². The molecule has 1 aliphatic rings. The van der Waals surface area contributed by atoms with Gasteiger partial charge in [-0.2, -0.15) is 0 Å². The van der Waals surface area contributed by atoms with Gasteiger partial charge in [0, 0.05) is 6.54 Å². The fraction of sp³-hybridized carbons (Fsp3) is 0.857. The van der Waals surface area contributed by atoms with Crippen LogP contribution < -0.4 is 5.73 Å². The van der Waals surface area contributed by atoms with Crippen molar-refractivity contribution in [2.45, 2.75) is 31.6 Å². The number of nitrogens with two attached hydrogens (primary N) is 1. The molecular weight excluding hydrogens is 243 g/mol. The Balaban J connectivity index is 0.00000196. The summed E-state index contributed by atoms with van der Waals surface area (Å²) < 4.78 is 11.0. The molecule has 0 aromatic heterocycles. The van der Waals surface area contributed by atoms with E-state index in [1.807, 2.05) is 0 Å². The highest BCUT2D eigenvalue weighted by atomic mass is 35.5. The summed E-state index contributed by atoms with van der Waals surface area (Å²) >= 11 is 0. The topological polar surface area (TPSA) is 104 Å². The first-order valence-corrected chi connectivity index (χ1v) is 6.13. The summed E-state index contributed by atoms with van der Waals surface area (Å²) in [4.78, 5) is 30.6. The molecular formula is C7H16ClN2O4P. The Bertz CT molecular complexity index is 280. The van der Waals surface area contributed by atoms with Crippen LogP contribution in [0.2, 0.25) is 0 Å². The van der Waals surface area contributed by atoms with E-state index in [1.54, 1.807) is 0 Å². The molecule has 0 saturated carbocycles. The fourth-order valence-corrected chi connectivity index (χ4v) is 2.73. The number of nitrogens with zero attached hydrogens (tertiary/aromatic N) is 1. The van der Waals surface area contributed by atoms with E-state index in [-0.39, 0.29) is 12.4 Å². The Morgan fingerprint density at radius 2 is 2.13 bits per heavy atom. The molecule has 8 heteroatoms. The summed E-state index contributed by atoms with van der Waals surface area (Å²) in [7, 11) is -4.21. The van der Waals surface area contributed by atoms with Gasteiger partial charge in [-0.15, -0.1) is 12.4 Å². The van der Waals surface area contributed by atoms with Gasteiger partial charge in [0.2, 0.25) is 5.91 Å². The van der Waals surface area contributed by atoms with E-state index in [2.05, 4.69) is 0 Å².